The second-order valence-corrected chi connectivity index (χ2v) is 6.41. The Morgan fingerprint density at radius 3 is 2.93 bits per heavy atom. The molecular weight excluding hydrogens is 398 g/mol. The van der Waals surface area contributed by atoms with E-state index in [4.69, 9.17) is 27.2 Å². The Bertz CT molecular complexity index is 1010. The first-order valence-electron chi connectivity index (χ1n) is 8.63. The number of primary amides is 1. The number of benzene rings is 1. The van der Waals surface area contributed by atoms with E-state index in [9.17, 15) is 4.79 Å². The number of methoxy groups -OCH3 is 1. The van der Waals surface area contributed by atoms with E-state index in [1.807, 2.05) is 0 Å². The van der Waals surface area contributed by atoms with Gasteiger partial charge in [0.15, 0.2) is 0 Å². The number of anilines is 3. The minimum absolute atomic E-state index is 0.0219. The molecule has 0 atom stereocenters. The van der Waals surface area contributed by atoms with Crippen molar-refractivity contribution in [3.8, 4) is 5.75 Å². The number of carbonyl (C=O) groups is 1. The molecule has 2 heterocycles. The summed E-state index contributed by atoms with van der Waals surface area (Å²) in [5.74, 6) is 0.498. The Kier molecular flexibility index (Phi) is 6.47. The molecule has 0 fully saturated rings. The topological polar surface area (TPSA) is 140 Å². The maximum atomic E-state index is 11.8. The zero-order valence-corrected chi connectivity index (χ0v) is 16.3. The maximum Gasteiger partial charge on any atom is 0.254 e. The number of amides is 1. The monoisotopic (exact) mass is 417 g/mol. The van der Waals surface area contributed by atoms with Crippen molar-refractivity contribution in [2.45, 2.75) is 13.1 Å². The summed E-state index contributed by atoms with van der Waals surface area (Å²) in [7, 11) is 1.56. The lowest BCUT2D eigenvalue weighted by Crippen LogP contribution is -2.17. The normalized spacial score (nSPS) is 10.6. The van der Waals surface area contributed by atoms with Crippen LogP contribution in [0.3, 0.4) is 0 Å². The number of nitrogens with two attached hydrogens (primary N) is 1. The molecule has 3 rings (SSSR count). The van der Waals surface area contributed by atoms with E-state index in [-0.39, 0.29) is 23.9 Å². The molecule has 0 unspecified atom stereocenters. The number of aromatic nitrogens is 4. The maximum absolute atomic E-state index is 11.8. The fourth-order valence-corrected chi connectivity index (χ4v) is 2.80. The first-order chi connectivity index (χ1) is 14.0. The summed E-state index contributed by atoms with van der Waals surface area (Å²) >= 11 is 6.06. The second kappa shape index (κ2) is 9.22. The van der Waals surface area contributed by atoms with Gasteiger partial charge >= 0.3 is 0 Å². The summed E-state index contributed by atoms with van der Waals surface area (Å²) in [6, 6.07) is 5.24. The van der Waals surface area contributed by atoms with Gasteiger partial charge in [-0.3, -0.25) is 9.48 Å². The van der Waals surface area contributed by atoms with E-state index in [0.29, 0.717) is 29.5 Å². The number of hydrogen-bond donors (Lipinski definition) is 4. The average Bonchev–Trinajstić information content (AvgIpc) is 3.13. The zero-order chi connectivity index (χ0) is 20.8. The van der Waals surface area contributed by atoms with Crippen molar-refractivity contribution in [2.24, 2.45) is 5.73 Å². The van der Waals surface area contributed by atoms with E-state index in [0.717, 1.165) is 5.56 Å². The number of carbonyl (C=O) groups excluding carboxylic acids is 1. The highest BCUT2D eigenvalue weighted by Gasteiger charge is 2.14. The molecule has 0 saturated heterocycles. The Balaban J connectivity index is 1.81. The van der Waals surface area contributed by atoms with Crippen LogP contribution in [0.25, 0.3) is 0 Å². The quantitative estimate of drug-likeness (QED) is 0.413. The van der Waals surface area contributed by atoms with Crippen LogP contribution < -0.4 is 21.1 Å². The van der Waals surface area contributed by atoms with E-state index in [2.05, 4.69) is 25.7 Å². The Morgan fingerprint density at radius 2 is 2.21 bits per heavy atom. The highest BCUT2D eigenvalue weighted by atomic mass is 35.5. The molecule has 11 heteroatoms. The molecule has 0 spiro atoms. The molecule has 0 saturated carbocycles. The van der Waals surface area contributed by atoms with Crippen LogP contribution in [0, 0.1) is 0 Å². The molecule has 0 aliphatic rings. The van der Waals surface area contributed by atoms with Gasteiger partial charge < -0.3 is 26.2 Å². The predicted octanol–water partition coefficient (Wildman–Crippen LogP) is 1.78. The van der Waals surface area contributed by atoms with Gasteiger partial charge in [0.05, 0.1) is 37.7 Å². The van der Waals surface area contributed by atoms with Gasteiger partial charge in [-0.2, -0.15) is 10.1 Å². The molecule has 5 N–H and O–H groups in total. The molecule has 2 aromatic heterocycles. The lowest BCUT2D eigenvalue weighted by molar-refractivity contribution is 0.100. The molecule has 0 aliphatic carbocycles. The number of ether oxygens (including phenoxy) is 1. The molecule has 0 radical (unpaired) electrons. The fraction of sp³-hybridized carbons (Fsp3) is 0.222. The number of halogens is 1. The van der Waals surface area contributed by atoms with Gasteiger partial charge in [0.25, 0.3) is 5.91 Å². The van der Waals surface area contributed by atoms with Crippen LogP contribution in [0.4, 0.5) is 17.5 Å². The van der Waals surface area contributed by atoms with Crippen molar-refractivity contribution in [3.05, 3.63) is 52.9 Å². The van der Waals surface area contributed by atoms with Gasteiger partial charge in [0, 0.05) is 29.5 Å². The highest BCUT2D eigenvalue weighted by molar-refractivity contribution is 6.30. The largest absolute Gasteiger partial charge is 0.496 e. The molecule has 0 bridgehead atoms. The predicted molar refractivity (Wildman–Crippen MR) is 108 cm³/mol. The Morgan fingerprint density at radius 1 is 1.38 bits per heavy atom. The Labute approximate surface area is 171 Å². The van der Waals surface area contributed by atoms with Crippen molar-refractivity contribution in [2.75, 3.05) is 24.4 Å². The fourth-order valence-electron chi connectivity index (χ4n) is 2.60. The first-order valence-corrected chi connectivity index (χ1v) is 9.01. The molecule has 0 aliphatic heterocycles. The summed E-state index contributed by atoms with van der Waals surface area (Å²) in [5, 5.41) is 19.7. The highest BCUT2D eigenvalue weighted by Crippen LogP contribution is 2.24. The third kappa shape index (κ3) is 5.12. The summed E-state index contributed by atoms with van der Waals surface area (Å²) in [4.78, 5) is 20.2. The number of aliphatic hydroxyl groups excluding tert-OH is 1. The molecule has 1 aromatic carbocycles. The Hall–Kier alpha value is -3.37. The molecule has 1 amide bonds. The van der Waals surface area contributed by atoms with Crippen molar-refractivity contribution in [1.29, 1.82) is 0 Å². The first kappa shape index (κ1) is 20.4. The van der Waals surface area contributed by atoms with Crippen LogP contribution >= 0.6 is 11.6 Å². The van der Waals surface area contributed by atoms with Crippen molar-refractivity contribution < 1.29 is 14.6 Å². The van der Waals surface area contributed by atoms with Crippen LogP contribution in [-0.4, -0.2) is 44.5 Å². The molecule has 152 valence electrons. The number of rotatable bonds is 9. The number of nitrogens with one attached hydrogen (secondary N) is 2. The van der Waals surface area contributed by atoms with E-state index < -0.39 is 5.91 Å². The molecular formula is C18H20ClN7O3. The lowest BCUT2D eigenvalue weighted by Gasteiger charge is -2.13. The van der Waals surface area contributed by atoms with Crippen LogP contribution in [0.5, 0.6) is 5.75 Å². The van der Waals surface area contributed by atoms with Crippen LogP contribution in [0.1, 0.15) is 15.9 Å². The van der Waals surface area contributed by atoms with Gasteiger partial charge in [-0.1, -0.05) is 11.6 Å². The summed E-state index contributed by atoms with van der Waals surface area (Å²) in [6.07, 6.45) is 4.61. The van der Waals surface area contributed by atoms with Gasteiger partial charge in [-0.15, -0.1) is 0 Å². The minimum atomic E-state index is -0.659. The second-order valence-electron chi connectivity index (χ2n) is 5.97. The molecule has 3 aromatic rings. The third-order valence-corrected chi connectivity index (χ3v) is 4.20. The van der Waals surface area contributed by atoms with E-state index >= 15 is 0 Å². The van der Waals surface area contributed by atoms with Gasteiger partial charge in [0.1, 0.15) is 11.6 Å². The number of hydrogen-bond acceptors (Lipinski definition) is 8. The zero-order valence-electron chi connectivity index (χ0n) is 15.6. The summed E-state index contributed by atoms with van der Waals surface area (Å²) < 4.78 is 6.90. The minimum Gasteiger partial charge on any atom is -0.496 e. The molecule has 29 heavy (non-hydrogen) atoms. The smallest absolute Gasteiger partial charge is 0.254 e. The van der Waals surface area contributed by atoms with Crippen molar-refractivity contribution in [3.63, 3.8) is 0 Å². The van der Waals surface area contributed by atoms with Gasteiger partial charge in [-0.05, 0) is 18.2 Å². The standard InChI is InChI=1S/C18H20ClN7O3/c1-29-15-3-2-12(19)6-11(15)7-21-17-14(16(20)28)9-22-18(25-17)24-13-8-23-26(10-13)4-5-27/h2-3,6,8-10,27H,4-5,7H2,1H3,(H2,20,28)(H2,21,22,24,25). The third-order valence-electron chi connectivity index (χ3n) is 3.96. The van der Waals surface area contributed by atoms with Crippen LogP contribution in [0.2, 0.25) is 5.02 Å². The summed E-state index contributed by atoms with van der Waals surface area (Å²) in [5.41, 5.74) is 7.00. The van der Waals surface area contributed by atoms with Crippen LogP contribution in [-0.2, 0) is 13.1 Å². The van der Waals surface area contributed by atoms with Gasteiger partial charge in [-0.25, -0.2) is 4.98 Å². The molecule has 10 nitrogen and oxygen atoms in total. The summed E-state index contributed by atoms with van der Waals surface area (Å²) in [6.45, 7) is 0.651. The van der Waals surface area contributed by atoms with E-state index in [1.54, 1.807) is 42.4 Å². The average molecular weight is 418 g/mol. The SMILES string of the molecule is COc1ccc(Cl)cc1CNc1nc(Nc2cnn(CCO)c2)ncc1C(N)=O. The number of aliphatic hydroxyl groups is 1. The van der Waals surface area contributed by atoms with Gasteiger partial charge in [0.2, 0.25) is 5.95 Å². The van der Waals surface area contributed by atoms with Crippen molar-refractivity contribution in [1.82, 2.24) is 19.7 Å². The number of nitrogens with zero attached hydrogens (tertiary/aromatic N) is 4. The van der Waals surface area contributed by atoms with Crippen molar-refractivity contribution >= 4 is 35.0 Å². The lowest BCUT2D eigenvalue weighted by atomic mass is 10.2. The van der Waals surface area contributed by atoms with E-state index in [1.165, 1.54) is 6.20 Å². The van der Waals surface area contributed by atoms with Crippen LogP contribution in [0.15, 0.2) is 36.8 Å².